The Morgan fingerprint density at radius 2 is 1.71 bits per heavy atom. The van der Waals surface area contributed by atoms with Crippen LogP contribution in [0.5, 0.6) is 5.75 Å². The lowest BCUT2D eigenvalue weighted by atomic mass is 10.2. The fraction of sp³-hybridized carbons (Fsp3) is 0.200. The second kappa shape index (κ2) is 5.69. The summed E-state index contributed by atoms with van der Waals surface area (Å²) in [6.07, 6.45) is 0.389. The van der Waals surface area contributed by atoms with Crippen LogP contribution in [0.15, 0.2) is 54.6 Å². The normalized spacial score (nSPS) is 19.7. The summed E-state index contributed by atoms with van der Waals surface area (Å²) in [4.78, 5) is 0. The molecule has 1 aliphatic heterocycles. The van der Waals surface area contributed by atoms with Crippen molar-refractivity contribution in [1.82, 2.24) is 0 Å². The fourth-order valence-corrected chi connectivity index (χ4v) is 4.76. The van der Waals surface area contributed by atoms with Crippen LogP contribution in [0.1, 0.15) is 6.42 Å². The van der Waals surface area contributed by atoms with Crippen LogP contribution in [0.25, 0.3) is 0 Å². The van der Waals surface area contributed by atoms with Crippen molar-refractivity contribution in [1.29, 1.82) is 0 Å². The van der Waals surface area contributed by atoms with Gasteiger partial charge in [0.2, 0.25) is 5.44 Å². The minimum absolute atomic E-state index is 0.389. The molecule has 6 heteroatoms. The van der Waals surface area contributed by atoms with E-state index in [0.717, 1.165) is 0 Å². The molecule has 0 aromatic heterocycles. The first kappa shape index (κ1) is 14.4. The van der Waals surface area contributed by atoms with Gasteiger partial charge >= 0.3 is 0 Å². The molecule has 0 saturated heterocycles. The average Bonchev–Trinajstić information content (AvgIpc) is 2.49. The lowest BCUT2D eigenvalue weighted by molar-refractivity contribution is 0.266. The number of fused-ring (bicyclic) bond motifs is 1. The molecule has 21 heavy (non-hydrogen) atoms. The summed E-state index contributed by atoms with van der Waals surface area (Å²) in [7, 11) is -3.61. The number of ether oxygens (including phenoxy) is 1. The van der Waals surface area contributed by atoms with Gasteiger partial charge < -0.3 is 4.74 Å². The molecular formula is C15H14BrNO3S. The molecule has 0 N–H and O–H groups in total. The molecule has 0 amide bonds. The topological polar surface area (TPSA) is 46.6 Å². The van der Waals surface area contributed by atoms with Crippen molar-refractivity contribution >= 4 is 37.3 Å². The number of sulfonamides is 1. The first-order chi connectivity index (χ1) is 10.1. The van der Waals surface area contributed by atoms with Crippen molar-refractivity contribution in [3.63, 3.8) is 0 Å². The number of hydrogen-bond donors (Lipinski definition) is 0. The van der Waals surface area contributed by atoms with E-state index in [4.69, 9.17) is 4.74 Å². The number of hydrogen-bond acceptors (Lipinski definition) is 3. The predicted octanol–water partition coefficient (Wildman–Crippen LogP) is 3.66. The molecule has 2 aromatic carbocycles. The summed E-state index contributed by atoms with van der Waals surface area (Å²) in [5, 5.41) is 0.557. The van der Waals surface area contributed by atoms with Crippen molar-refractivity contribution in [2.24, 2.45) is 0 Å². The molecule has 0 spiro atoms. The largest absolute Gasteiger partial charge is 0.470 e. The van der Waals surface area contributed by atoms with Gasteiger partial charge in [-0.2, -0.15) is 0 Å². The smallest absolute Gasteiger partial charge is 0.277 e. The number of alkyl halides is 1. The number of rotatable bonds is 3. The third-order valence-corrected chi connectivity index (χ3v) is 5.64. The summed E-state index contributed by atoms with van der Waals surface area (Å²) in [6.45, 7) is 0. The van der Waals surface area contributed by atoms with Gasteiger partial charge in [-0.1, -0.05) is 46.3 Å². The van der Waals surface area contributed by atoms with Crippen molar-refractivity contribution in [3.8, 4) is 5.75 Å². The maximum absolute atomic E-state index is 12.8. The molecule has 2 aromatic rings. The van der Waals surface area contributed by atoms with E-state index in [2.05, 4.69) is 15.9 Å². The zero-order valence-electron chi connectivity index (χ0n) is 11.1. The van der Waals surface area contributed by atoms with Gasteiger partial charge in [-0.05, 0) is 24.3 Å². The van der Waals surface area contributed by atoms with E-state index in [-0.39, 0.29) is 0 Å². The molecule has 0 bridgehead atoms. The lowest BCUT2D eigenvalue weighted by Crippen LogP contribution is -2.43. The standard InChI is InChI=1S/C15H14BrNO3S/c16-11-10-15-20-14-9-5-4-8-13(14)17(21(15,18)19)12-6-2-1-3-7-12/h1-9,15H,10-11H2. The predicted molar refractivity (Wildman–Crippen MR) is 86.8 cm³/mol. The molecule has 110 valence electrons. The lowest BCUT2D eigenvalue weighted by Gasteiger charge is -2.35. The highest BCUT2D eigenvalue weighted by Gasteiger charge is 2.40. The van der Waals surface area contributed by atoms with Crippen molar-refractivity contribution in [2.45, 2.75) is 11.9 Å². The SMILES string of the molecule is O=S1(=O)C(CCBr)Oc2ccccc2N1c1ccccc1. The Labute approximate surface area is 132 Å². The highest BCUT2D eigenvalue weighted by Crippen LogP contribution is 2.42. The zero-order chi connectivity index (χ0) is 14.9. The van der Waals surface area contributed by atoms with E-state index < -0.39 is 15.5 Å². The second-order valence-corrected chi connectivity index (χ2v) is 7.35. The van der Waals surface area contributed by atoms with Crippen LogP contribution in [0, 0.1) is 0 Å². The minimum atomic E-state index is -3.61. The van der Waals surface area contributed by atoms with Crippen molar-refractivity contribution in [3.05, 3.63) is 54.6 Å². The fourth-order valence-electron chi connectivity index (χ4n) is 2.33. The van der Waals surface area contributed by atoms with Gasteiger partial charge in [-0.25, -0.2) is 12.7 Å². The molecule has 0 radical (unpaired) electrons. The quantitative estimate of drug-likeness (QED) is 0.777. The number of nitrogens with zero attached hydrogens (tertiary/aromatic N) is 1. The number of benzene rings is 2. The van der Waals surface area contributed by atoms with Crippen LogP contribution < -0.4 is 9.04 Å². The number of para-hydroxylation sites is 3. The van der Waals surface area contributed by atoms with Crippen LogP contribution in [0.2, 0.25) is 0 Å². The molecule has 1 unspecified atom stereocenters. The Balaban J connectivity index is 2.19. The molecule has 1 aliphatic rings. The Morgan fingerprint density at radius 1 is 1.05 bits per heavy atom. The van der Waals surface area contributed by atoms with Crippen LogP contribution in [-0.2, 0) is 10.0 Å². The molecule has 1 heterocycles. The first-order valence-corrected chi connectivity index (χ1v) is 9.18. The highest BCUT2D eigenvalue weighted by atomic mass is 79.9. The maximum Gasteiger partial charge on any atom is 0.277 e. The zero-order valence-corrected chi connectivity index (χ0v) is 13.5. The summed E-state index contributed by atoms with van der Waals surface area (Å²) >= 11 is 3.29. The minimum Gasteiger partial charge on any atom is -0.470 e. The summed E-state index contributed by atoms with van der Waals surface area (Å²) in [6, 6.07) is 16.3. The van der Waals surface area contributed by atoms with Gasteiger partial charge in [0.25, 0.3) is 10.0 Å². The van der Waals surface area contributed by atoms with Gasteiger partial charge in [0.1, 0.15) is 5.75 Å². The Hall–Kier alpha value is -1.53. The van der Waals surface area contributed by atoms with Crippen molar-refractivity contribution < 1.29 is 13.2 Å². The van der Waals surface area contributed by atoms with Crippen LogP contribution in [0.4, 0.5) is 11.4 Å². The van der Waals surface area contributed by atoms with Gasteiger partial charge in [-0.3, -0.25) is 0 Å². The van der Waals surface area contributed by atoms with Crippen molar-refractivity contribution in [2.75, 3.05) is 9.64 Å². The van der Waals surface area contributed by atoms with E-state index >= 15 is 0 Å². The van der Waals surface area contributed by atoms with Crippen LogP contribution in [0.3, 0.4) is 0 Å². The van der Waals surface area contributed by atoms with E-state index in [1.54, 1.807) is 30.3 Å². The van der Waals surface area contributed by atoms with E-state index in [1.807, 2.05) is 24.3 Å². The van der Waals surface area contributed by atoms with Gasteiger partial charge in [-0.15, -0.1) is 0 Å². The average molecular weight is 368 g/mol. The maximum atomic E-state index is 12.8. The van der Waals surface area contributed by atoms with Gasteiger partial charge in [0, 0.05) is 11.8 Å². The third kappa shape index (κ3) is 2.53. The summed E-state index contributed by atoms with van der Waals surface area (Å²) < 4.78 is 32.7. The molecule has 0 saturated carbocycles. The second-order valence-electron chi connectivity index (χ2n) is 4.64. The van der Waals surface area contributed by atoms with Crippen LogP contribution in [-0.4, -0.2) is 19.2 Å². The van der Waals surface area contributed by atoms with Gasteiger partial charge in [0.05, 0.1) is 11.4 Å². The molecule has 1 atom stereocenters. The van der Waals surface area contributed by atoms with E-state index in [0.29, 0.717) is 28.9 Å². The molecular weight excluding hydrogens is 354 g/mol. The molecule has 0 fully saturated rings. The number of halogens is 1. The molecule has 3 rings (SSSR count). The summed E-state index contributed by atoms with van der Waals surface area (Å²) in [5.74, 6) is 0.585. The van der Waals surface area contributed by atoms with E-state index in [1.165, 1.54) is 4.31 Å². The Bertz CT molecular complexity index is 734. The third-order valence-electron chi connectivity index (χ3n) is 3.26. The van der Waals surface area contributed by atoms with Gasteiger partial charge in [0.15, 0.2) is 0 Å². The highest BCUT2D eigenvalue weighted by molar-refractivity contribution is 9.09. The number of anilines is 2. The molecule has 0 aliphatic carbocycles. The Morgan fingerprint density at radius 3 is 2.43 bits per heavy atom. The van der Waals surface area contributed by atoms with Crippen LogP contribution >= 0.6 is 15.9 Å². The summed E-state index contributed by atoms with van der Waals surface area (Å²) in [5.41, 5.74) is 0.286. The Kier molecular flexibility index (Phi) is 3.91. The van der Waals surface area contributed by atoms with E-state index in [9.17, 15) is 8.42 Å². The first-order valence-electron chi connectivity index (χ1n) is 6.55. The molecule has 4 nitrogen and oxygen atoms in total. The monoisotopic (exact) mass is 367 g/mol.